The molecule has 2 nitrogen and oxygen atoms in total. The fourth-order valence-electron chi connectivity index (χ4n) is 1.59. The summed E-state index contributed by atoms with van der Waals surface area (Å²) in [6, 6.07) is 4.52. The molecule has 0 aromatic heterocycles. The van der Waals surface area contributed by atoms with Gasteiger partial charge in [-0.2, -0.15) is 0 Å². The first-order chi connectivity index (χ1) is 7.40. The summed E-state index contributed by atoms with van der Waals surface area (Å²) < 4.78 is 13.3. The van der Waals surface area contributed by atoms with Crippen LogP contribution in [-0.2, 0) is 0 Å². The van der Waals surface area contributed by atoms with Gasteiger partial charge in [0.25, 0.3) is 5.91 Å². The van der Waals surface area contributed by atoms with Crippen LogP contribution in [0.5, 0.6) is 0 Å². The monoisotopic (exact) mass is 285 g/mol. The fourth-order valence-corrected chi connectivity index (χ4v) is 1.97. The Labute approximate surface area is 102 Å². The molecule has 1 atom stereocenters. The van der Waals surface area contributed by atoms with E-state index in [0.29, 0.717) is 10.0 Å². The standard InChI is InChI=1S/C12H13BrFNO/c1-12(2)6-10(12)15-11(16)7-3-4-9(14)8(13)5-7/h3-5,10H,6H2,1-2H3,(H,15,16). The lowest BCUT2D eigenvalue weighted by Crippen LogP contribution is -2.28. The van der Waals surface area contributed by atoms with Crippen molar-refractivity contribution in [3.63, 3.8) is 0 Å². The van der Waals surface area contributed by atoms with Gasteiger partial charge in [-0.1, -0.05) is 13.8 Å². The molecule has 1 fully saturated rings. The maximum Gasteiger partial charge on any atom is 0.251 e. The van der Waals surface area contributed by atoms with Crippen LogP contribution in [0.3, 0.4) is 0 Å². The summed E-state index contributed by atoms with van der Waals surface area (Å²) in [5, 5.41) is 2.92. The highest BCUT2D eigenvalue weighted by atomic mass is 79.9. The molecule has 1 amide bonds. The van der Waals surface area contributed by atoms with Gasteiger partial charge in [-0.3, -0.25) is 4.79 Å². The zero-order valence-corrected chi connectivity index (χ0v) is 10.8. The Balaban J connectivity index is 2.07. The van der Waals surface area contributed by atoms with Gasteiger partial charge in [0.1, 0.15) is 5.82 Å². The number of rotatable bonds is 2. The van der Waals surface area contributed by atoms with Gasteiger partial charge in [0.15, 0.2) is 0 Å². The molecule has 1 aromatic carbocycles. The first kappa shape index (κ1) is 11.6. The van der Waals surface area contributed by atoms with E-state index < -0.39 is 0 Å². The summed E-state index contributed by atoms with van der Waals surface area (Å²) in [6.07, 6.45) is 1.00. The van der Waals surface area contributed by atoms with Crippen molar-refractivity contribution in [2.45, 2.75) is 26.3 Å². The SMILES string of the molecule is CC1(C)CC1NC(=O)c1ccc(F)c(Br)c1. The van der Waals surface area contributed by atoms with Gasteiger partial charge in [0.05, 0.1) is 4.47 Å². The Morgan fingerprint density at radius 2 is 2.19 bits per heavy atom. The van der Waals surface area contributed by atoms with E-state index in [9.17, 15) is 9.18 Å². The van der Waals surface area contributed by atoms with Crippen LogP contribution in [0.2, 0.25) is 0 Å². The van der Waals surface area contributed by atoms with Crippen molar-refractivity contribution in [2.75, 3.05) is 0 Å². The van der Waals surface area contributed by atoms with E-state index in [2.05, 4.69) is 35.1 Å². The van der Waals surface area contributed by atoms with Crippen LogP contribution in [0, 0.1) is 11.2 Å². The van der Waals surface area contributed by atoms with E-state index in [-0.39, 0.29) is 23.2 Å². The van der Waals surface area contributed by atoms with Gasteiger partial charge in [0.2, 0.25) is 0 Å². The van der Waals surface area contributed by atoms with Gasteiger partial charge in [-0.05, 0) is 46.0 Å². The molecule has 1 aliphatic carbocycles. The van der Waals surface area contributed by atoms with Gasteiger partial charge >= 0.3 is 0 Å². The Bertz CT molecular complexity index is 445. The number of nitrogens with one attached hydrogen (secondary N) is 1. The largest absolute Gasteiger partial charge is 0.349 e. The van der Waals surface area contributed by atoms with Gasteiger partial charge in [0, 0.05) is 11.6 Å². The molecule has 4 heteroatoms. The van der Waals surface area contributed by atoms with Crippen LogP contribution in [0.1, 0.15) is 30.6 Å². The third kappa shape index (κ3) is 2.26. The van der Waals surface area contributed by atoms with Crippen LogP contribution in [0.25, 0.3) is 0 Å². The number of carbonyl (C=O) groups is 1. The maximum atomic E-state index is 13.0. The van der Waals surface area contributed by atoms with Crippen LogP contribution < -0.4 is 5.32 Å². The van der Waals surface area contributed by atoms with Crippen LogP contribution in [0.4, 0.5) is 4.39 Å². The van der Waals surface area contributed by atoms with Crippen molar-refractivity contribution in [1.82, 2.24) is 5.32 Å². The van der Waals surface area contributed by atoms with Crippen LogP contribution >= 0.6 is 15.9 Å². The molecule has 1 saturated carbocycles. The predicted octanol–water partition coefficient (Wildman–Crippen LogP) is 3.12. The van der Waals surface area contributed by atoms with Gasteiger partial charge in [-0.25, -0.2) is 4.39 Å². The lowest BCUT2D eigenvalue weighted by Gasteiger charge is -2.07. The van der Waals surface area contributed by atoms with E-state index in [4.69, 9.17) is 0 Å². The molecule has 0 saturated heterocycles. The highest BCUT2D eigenvalue weighted by molar-refractivity contribution is 9.10. The Morgan fingerprint density at radius 3 is 2.69 bits per heavy atom. The number of hydrogen-bond donors (Lipinski definition) is 1. The van der Waals surface area contributed by atoms with Crippen LogP contribution in [-0.4, -0.2) is 11.9 Å². The summed E-state index contributed by atoms with van der Waals surface area (Å²) >= 11 is 3.06. The van der Waals surface area contributed by atoms with E-state index in [1.165, 1.54) is 18.2 Å². The molecule has 1 N–H and O–H groups in total. The molecule has 16 heavy (non-hydrogen) atoms. The molecule has 0 heterocycles. The first-order valence-electron chi connectivity index (χ1n) is 5.16. The molecule has 0 radical (unpaired) electrons. The summed E-state index contributed by atoms with van der Waals surface area (Å²) in [5.41, 5.74) is 0.684. The molecule has 86 valence electrons. The number of hydrogen-bond acceptors (Lipinski definition) is 1. The maximum absolute atomic E-state index is 13.0. The molecule has 0 aliphatic heterocycles. The summed E-state index contributed by atoms with van der Waals surface area (Å²) in [7, 11) is 0. The lowest BCUT2D eigenvalue weighted by atomic mass is 10.1. The fraction of sp³-hybridized carbons (Fsp3) is 0.417. The number of halogens is 2. The normalized spacial score (nSPS) is 21.6. The minimum atomic E-state index is -0.358. The number of carbonyl (C=O) groups excluding carboxylic acids is 1. The minimum absolute atomic E-state index is 0.142. The summed E-state index contributed by atoms with van der Waals surface area (Å²) in [4.78, 5) is 11.8. The van der Waals surface area contributed by atoms with Crippen LogP contribution in [0.15, 0.2) is 22.7 Å². The molecule has 0 bridgehead atoms. The zero-order valence-electron chi connectivity index (χ0n) is 9.18. The molecular formula is C12H13BrFNO. The predicted molar refractivity (Wildman–Crippen MR) is 63.8 cm³/mol. The molecular weight excluding hydrogens is 273 g/mol. The Morgan fingerprint density at radius 1 is 1.56 bits per heavy atom. The van der Waals surface area contributed by atoms with E-state index >= 15 is 0 Å². The highest BCUT2D eigenvalue weighted by Crippen LogP contribution is 2.44. The van der Waals surface area contributed by atoms with Crippen molar-refractivity contribution in [1.29, 1.82) is 0 Å². The third-order valence-corrected chi connectivity index (χ3v) is 3.61. The second-order valence-corrected chi connectivity index (χ2v) is 5.70. The molecule has 2 rings (SSSR count). The van der Waals surface area contributed by atoms with E-state index in [1.54, 1.807) is 0 Å². The molecule has 1 unspecified atom stereocenters. The van der Waals surface area contributed by atoms with Crippen molar-refractivity contribution < 1.29 is 9.18 Å². The van der Waals surface area contributed by atoms with Gasteiger partial charge in [-0.15, -0.1) is 0 Å². The van der Waals surface area contributed by atoms with Crippen molar-refractivity contribution >= 4 is 21.8 Å². The first-order valence-corrected chi connectivity index (χ1v) is 5.95. The molecule has 1 aromatic rings. The lowest BCUT2D eigenvalue weighted by molar-refractivity contribution is 0.0946. The second-order valence-electron chi connectivity index (χ2n) is 4.85. The highest BCUT2D eigenvalue weighted by Gasteiger charge is 2.46. The van der Waals surface area contributed by atoms with Crippen molar-refractivity contribution in [3.8, 4) is 0 Å². The van der Waals surface area contributed by atoms with E-state index in [1.807, 2.05) is 0 Å². The quantitative estimate of drug-likeness (QED) is 0.889. The second kappa shape index (κ2) is 3.84. The number of benzene rings is 1. The summed E-state index contributed by atoms with van der Waals surface area (Å²) in [6.45, 7) is 4.22. The van der Waals surface area contributed by atoms with E-state index in [0.717, 1.165) is 6.42 Å². The average molecular weight is 286 g/mol. The smallest absolute Gasteiger partial charge is 0.251 e. The minimum Gasteiger partial charge on any atom is -0.349 e. The Kier molecular flexibility index (Phi) is 2.78. The molecule has 0 spiro atoms. The number of amides is 1. The third-order valence-electron chi connectivity index (χ3n) is 3.00. The van der Waals surface area contributed by atoms with Crippen molar-refractivity contribution in [3.05, 3.63) is 34.1 Å². The van der Waals surface area contributed by atoms with Gasteiger partial charge < -0.3 is 5.32 Å². The zero-order chi connectivity index (χ0) is 11.9. The topological polar surface area (TPSA) is 29.1 Å². The summed E-state index contributed by atoms with van der Waals surface area (Å²) in [5.74, 6) is -0.500. The Hall–Kier alpha value is -0.900. The average Bonchev–Trinajstić information content (AvgIpc) is 2.78. The van der Waals surface area contributed by atoms with Crippen molar-refractivity contribution in [2.24, 2.45) is 5.41 Å². The molecule has 1 aliphatic rings.